The Kier molecular flexibility index (Phi) is 2.66. The van der Waals surface area contributed by atoms with Crippen molar-refractivity contribution in [3.63, 3.8) is 0 Å². The third-order valence-corrected chi connectivity index (χ3v) is 3.12. The van der Waals surface area contributed by atoms with Gasteiger partial charge >= 0.3 is 0 Å². The monoisotopic (exact) mass is 169 g/mol. The van der Waals surface area contributed by atoms with Gasteiger partial charge in [-0.15, -0.1) is 0 Å². The fraction of sp³-hybridized carbons (Fsp3) is 1.00. The second kappa shape index (κ2) is 3.75. The Balaban J connectivity index is 1.69. The molecule has 0 spiro atoms. The molecule has 2 unspecified atom stereocenters. The Hall–Kier alpha value is -0.0800. The molecule has 0 aromatic carbocycles. The van der Waals surface area contributed by atoms with E-state index in [-0.39, 0.29) is 0 Å². The van der Waals surface area contributed by atoms with Gasteiger partial charge in [0.05, 0.1) is 6.10 Å². The van der Waals surface area contributed by atoms with Crippen LogP contribution in [0.3, 0.4) is 0 Å². The molecular weight excluding hydrogens is 150 g/mol. The SMILES string of the molecule is COC1CCCC1NCC1CC1. The number of hydrogen-bond acceptors (Lipinski definition) is 2. The molecule has 0 amide bonds. The van der Waals surface area contributed by atoms with Gasteiger partial charge in [-0.1, -0.05) is 0 Å². The fourth-order valence-electron chi connectivity index (χ4n) is 2.08. The fourth-order valence-corrected chi connectivity index (χ4v) is 2.08. The maximum absolute atomic E-state index is 5.41. The predicted octanol–water partition coefficient (Wildman–Crippen LogP) is 1.55. The smallest absolute Gasteiger partial charge is 0.0724 e. The topological polar surface area (TPSA) is 21.3 Å². The van der Waals surface area contributed by atoms with Crippen molar-refractivity contribution >= 4 is 0 Å². The highest BCUT2D eigenvalue weighted by atomic mass is 16.5. The quantitative estimate of drug-likeness (QED) is 0.689. The Labute approximate surface area is 74.7 Å². The molecule has 0 heterocycles. The van der Waals surface area contributed by atoms with Crippen LogP contribution in [0.15, 0.2) is 0 Å². The normalized spacial score (nSPS) is 35.8. The zero-order chi connectivity index (χ0) is 8.39. The second-order valence-electron chi connectivity index (χ2n) is 4.16. The number of rotatable bonds is 4. The molecule has 0 aromatic rings. The van der Waals surface area contributed by atoms with Gasteiger partial charge in [0.15, 0.2) is 0 Å². The van der Waals surface area contributed by atoms with E-state index in [9.17, 15) is 0 Å². The summed E-state index contributed by atoms with van der Waals surface area (Å²) in [7, 11) is 1.84. The van der Waals surface area contributed by atoms with E-state index in [2.05, 4.69) is 5.32 Å². The van der Waals surface area contributed by atoms with Gasteiger partial charge < -0.3 is 10.1 Å². The third kappa shape index (κ3) is 1.99. The summed E-state index contributed by atoms with van der Waals surface area (Å²) in [5.41, 5.74) is 0. The van der Waals surface area contributed by atoms with Gasteiger partial charge in [-0.2, -0.15) is 0 Å². The van der Waals surface area contributed by atoms with E-state index in [4.69, 9.17) is 4.74 Å². The van der Waals surface area contributed by atoms with Crippen LogP contribution in [0.25, 0.3) is 0 Å². The van der Waals surface area contributed by atoms with Crippen molar-refractivity contribution in [1.82, 2.24) is 5.32 Å². The number of nitrogens with one attached hydrogen (secondary N) is 1. The first-order chi connectivity index (χ1) is 5.90. The Morgan fingerprint density at radius 1 is 1.25 bits per heavy atom. The molecule has 0 radical (unpaired) electrons. The second-order valence-corrected chi connectivity index (χ2v) is 4.16. The lowest BCUT2D eigenvalue weighted by Crippen LogP contribution is -2.37. The maximum Gasteiger partial charge on any atom is 0.0724 e. The van der Waals surface area contributed by atoms with E-state index in [1.165, 1.54) is 38.6 Å². The van der Waals surface area contributed by atoms with Crippen LogP contribution in [0.1, 0.15) is 32.1 Å². The minimum atomic E-state index is 0.490. The molecule has 0 aromatic heterocycles. The van der Waals surface area contributed by atoms with Gasteiger partial charge in [-0.3, -0.25) is 0 Å². The molecule has 2 aliphatic carbocycles. The van der Waals surface area contributed by atoms with Crippen molar-refractivity contribution < 1.29 is 4.74 Å². The van der Waals surface area contributed by atoms with Crippen LogP contribution in [0.4, 0.5) is 0 Å². The van der Waals surface area contributed by atoms with Crippen LogP contribution in [0.2, 0.25) is 0 Å². The zero-order valence-corrected chi connectivity index (χ0v) is 7.88. The van der Waals surface area contributed by atoms with Gasteiger partial charge in [-0.05, 0) is 44.6 Å². The number of hydrogen-bond donors (Lipinski definition) is 1. The molecule has 2 atom stereocenters. The Bertz CT molecular complexity index is 145. The van der Waals surface area contributed by atoms with Crippen molar-refractivity contribution in [2.24, 2.45) is 5.92 Å². The van der Waals surface area contributed by atoms with Crippen molar-refractivity contribution in [3.05, 3.63) is 0 Å². The van der Waals surface area contributed by atoms with Crippen LogP contribution in [0, 0.1) is 5.92 Å². The third-order valence-electron chi connectivity index (χ3n) is 3.12. The summed E-state index contributed by atoms with van der Waals surface area (Å²) in [4.78, 5) is 0. The van der Waals surface area contributed by atoms with Crippen LogP contribution >= 0.6 is 0 Å². The average molecular weight is 169 g/mol. The summed E-state index contributed by atoms with van der Waals surface area (Å²) in [6.07, 6.45) is 7.27. The largest absolute Gasteiger partial charge is 0.380 e. The first-order valence-corrected chi connectivity index (χ1v) is 5.16. The maximum atomic E-state index is 5.41. The number of methoxy groups -OCH3 is 1. The predicted molar refractivity (Wildman–Crippen MR) is 49.2 cm³/mol. The summed E-state index contributed by atoms with van der Waals surface area (Å²) < 4.78 is 5.41. The molecule has 0 aliphatic heterocycles. The first-order valence-electron chi connectivity index (χ1n) is 5.16. The molecule has 2 rings (SSSR count). The van der Waals surface area contributed by atoms with E-state index in [0.29, 0.717) is 12.1 Å². The molecule has 12 heavy (non-hydrogen) atoms. The van der Waals surface area contributed by atoms with Crippen LogP contribution < -0.4 is 5.32 Å². The Morgan fingerprint density at radius 3 is 2.75 bits per heavy atom. The minimum Gasteiger partial charge on any atom is -0.380 e. The Morgan fingerprint density at radius 2 is 2.08 bits per heavy atom. The molecule has 2 nitrogen and oxygen atoms in total. The minimum absolute atomic E-state index is 0.490. The highest BCUT2D eigenvalue weighted by Gasteiger charge is 2.29. The average Bonchev–Trinajstić information content (AvgIpc) is 2.81. The highest BCUT2D eigenvalue weighted by molar-refractivity contribution is 4.86. The molecule has 2 saturated carbocycles. The van der Waals surface area contributed by atoms with Crippen LogP contribution in [0.5, 0.6) is 0 Å². The van der Waals surface area contributed by atoms with Crippen molar-refractivity contribution in [2.75, 3.05) is 13.7 Å². The van der Waals surface area contributed by atoms with Crippen molar-refractivity contribution in [2.45, 2.75) is 44.2 Å². The van der Waals surface area contributed by atoms with Gasteiger partial charge in [-0.25, -0.2) is 0 Å². The lowest BCUT2D eigenvalue weighted by atomic mass is 10.2. The molecule has 2 heteroatoms. The lowest BCUT2D eigenvalue weighted by molar-refractivity contribution is 0.0849. The van der Waals surface area contributed by atoms with Gasteiger partial charge in [0.2, 0.25) is 0 Å². The molecule has 1 N–H and O–H groups in total. The molecule has 2 aliphatic rings. The first kappa shape index (κ1) is 8.52. The van der Waals surface area contributed by atoms with E-state index < -0.39 is 0 Å². The zero-order valence-electron chi connectivity index (χ0n) is 7.88. The lowest BCUT2D eigenvalue weighted by Gasteiger charge is -2.19. The molecule has 70 valence electrons. The van der Waals surface area contributed by atoms with Crippen LogP contribution in [-0.2, 0) is 4.74 Å². The summed E-state index contributed by atoms with van der Waals surface area (Å²) in [6.45, 7) is 1.23. The van der Waals surface area contributed by atoms with E-state index in [1.807, 2.05) is 7.11 Å². The summed E-state index contributed by atoms with van der Waals surface area (Å²) >= 11 is 0. The van der Waals surface area contributed by atoms with Crippen molar-refractivity contribution in [1.29, 1.82) is 0 Å². The number of ether oxygens (including phenoxy) is 1. The van der Waals surface area contributed by atoms with Gasteiger partial charge in [0.1, 0.15) is 0 Å². The standard InChI is InChI=1S/C10H19NO/c1-12-10-4-2-3-9(10)11-7-8-5-6-8/h8-11H,2-7H2,1H3. The molecule has 0 bridgehead atoms. The molecular formula is C10H19NO. The molecule has 2 fully saturated rings. The van der Waals surface area contributed by atoms with Crippen molar-refractivity contribution in [3.8, 4) is 0 Å². The van der Waals surface area contributed by atoms with E-state index in [0.717, 1.165) is 5.92 Å². The van der Waals surface area contributed by atoms with Gasteiger partial charge in [0, 0.05) is 13.2 Å². The molecule has 0 saturated heterocycles. The van der Waals surface area contributed by atoms with E-state index >= 15 is 0 Å². The highest BCUT2D eigenvalue weighted by Crippen LogP contribution is 2.29. The van der Waals surface area contributed by atoms with Gasteiger partial charge in [0.25, 0.3) is 0 Å². The van der Waals surface area contributed by atoms with E-state index in [1.54, 1.807) is 0 Å². The summed E-state index contributed by atoms with van der Waals surface area (Å²) in [5.74, 6) is 0.989. The summed E-state index contributed by atoms with van der Waals surface area (Å²) in [5, 5.41) is 3.62. The van der Waals surface area contributed by atoms with Crippen LogP contribution in [-0.4, -0.2) is 25.8 Å². The summed E-state index contributed by atoms with van der Waals surface area (Å²) in [6, 6.07) is 0.649.